The van der Waals surface area contributed by atoms with Crippen molar-refractivity contribution in [2.24, 2.45) is 7.05 Å². The Kier molecular flexibility index (Phi) is 4.33. The molecule has 1 unspecified atom stereocenters. The number of hydrogen-bond acceptors (Lipinski definition) is 4. The third-order valence-electron chi connectivity index (χ3n) is 4.01. The molecule has 0 saturated carbocycles. The van der Waals surface area contributed by atoms with E-state index < -0.39 is 0 Å². The maximum Gasteiger partial charge on any atom is 0.316 e. The number of hydrogen-bond donors (Lipinski definition) is 1. The molecule has 0 aliphatic carbocycles. The number of aromatic nitrogens is 4. The van der Waals surface area contributed by atoms with Gasteiger partial charge in [-0.15, -0.1) is 0 Å². The standard InChI is InChI=1S/C15H23N7O/c1-19(2)15(23)16-7-14-11-21(9-12-6-18-20(3)8-12)10-13-4-5-17-22(13)14/h4-6,8,14H,7,9-11H2,1-3H3,(H,16,23). The summed E-state index contributed by atoms with van der Waals surface area (Å²) >= 11 is 0. The zero-order chi connectivity index (χ0) is 16.4. The van der Waals surface area contributed by atoms with E-state index in [1.54, 1.807) is 19.0 Å². The van der Waals surface area contributed by atoms with Gasteiger partial charge < -0.3 is 10.2 Å². The first-order valence-corrected chi connectivity index (χ1v) is 7.70. The van der Waals surface area contributed by atoms with Gasteiger partial charge in [0.05, 0.1) is 17.9 Å². The highest BCUT2D eigenvalue weighted by atomic mass is 16.2. The summed E-state index contributed by atoms with van der Waals surface area (Å²) < 4.78 is 3.84. The fourth-order valence-electron chi connectivity index (χ4n) is 2.91. The Hall–Kier alpha value is -2.35. The summed E-state index contributed by atoms with van der Waals surface area (Å²) in [5.74, 6) is 0. The second-order valence-corrected chi connectivity index (χ2v) is 6.19. The minimum absolute atomic E-state index is 0.0805. The van der Waals surface area contributed by atoms with Crippen LogP contribution in [0.1, 0.15) is 17.3 Å². The van der Waals surface area contributed by atoms with E-state index in [1.165, 1.54) is 11.3 Å². The lowest BCUT2D eigenvalue weighted by molar-refractivity contribution is 0.162. The van der Waals surface area contributed by atoms with Crippen LogP contribution in [0, 0.1) is 0 Å². The van der Waals surface area contributed by atoms with Crippen molar-refractivity contribution < 1.29 is 4.79 Å². The summed E-state index contributed by atoms with van der Waals surface area (Å²) in [4.78, 5) is 15.7. The number of amides is 2. The highest BCUT2D eigenvalue weighted by Gasteiger charge is 2.26. The highest BCUT2D eigenvalue weighted by molar-refractivity contribution is 5.73. The van der Waals surface area contributed by atoms with E-state index in [4.69, 9.17) is 0 Å². The average Bonchev–Trinajstić information content (AvgIpc) is 3.13. The molecular weight excluding hydrogens is 294 g/mol. The molecule has 0 radical (unpaired) electrons. The van der Waals surface area contributed by atoms with Gasteiger partial charge in [-0.25, -0.2) is 4.79 Å². The van der Waals surface area contributed by atoms with Crippen molar-refractivity contribution in [3.05, 3.63) is 35.9 Å². The van der Waals surface area contributed by atoms with Crippen molar-refractivity contribution >= 4 is 6.03 Å². The minimum Gasteiger partial charge on any atom is -0.336 e. The number of fused-ring (bicyclic) bond motifs is 1. The van der Waals surface area contributed by atoms with Gasteiger partial charge in [0.15, 0.2) is 0 Å². The molecule has 1 aliphatic rings. The summed E-state index contributed by atoms with van der Waals surface area (Å²) in [6.07, 6.45) is 5.76. The molecule has 1 atom stereocenters. The Morgan fingerprint density at radius 3 is 2.96 bits per heavy atom. The van der Waals surface area contributed by atoms with E-state index in [2.05, 4.69) is 20.4 Å². The van der Waals surface area contributed by atoms with Crippen molar-refractivity contribution in [1.29, 1.82) is 0 Å². The lowest BCUT2D eigenvalue weighted by Gasteiger charge is -2.34. The molecule has 2 aromatic rings. The van der Waals surface area contributed by atoms with Gasteiger partial charge in [-0.05, 0) is 6.07 Å². The van der Waals surface area contributed by atoms with E-state index in [9.17, 15) is 4.79 Å². The SMILES string of the molecule is CN(C)C(=O)NCC1CN(Cc2cnn(C)c2)Cc2ccnn21. The molecule has 0 aromatic carbocycles. The highest BCUT2D eigenvalue weighted by Crippen LogP contribution is 2.21. The summed E-state index contributed by atoms with van der Waals surface area (Å²) in [7, 11) is 5.41. The second kappa shape index (κ2) is 6.41. The van der Waals surface area contributed by atoms with Gasteiger partial charge in [-0.1, -0.05) is 0 Å². The molecule has 2 amide bonds. The second-order valence-electron chi connectivity index (χ2n) is 6.19. The van der Waals surface area contributed by atoms with Crippen LogP contribution in [-0.4, -0.2) is 62.6 Å². The Balaban J connectivity index is 1.68. The van der Waals surface area contributed by atoms with Gasteiger partial charge >= 0.3 is 6.03 Å². The molecule has 3 heterocycles. The van der Waals surface area contributed by atoms with Crippen molar-refractivity contribution in [3.8, 4) is 0 Å². The monoisotopic (exact) mass is 317 g/mol. The zero-order valence-electron chi connectivity index (χ0n) is 13.8. The van der Waals surface area contributed by atoms with E-state index >= 15 is 0 Å². The van der Waals surface area contributed by atoms with E-state index in [0.717, 1.165) is 19.6 Å². The first-order chi connectivity index (χ1) is 11.0. The molecule has 1 N–H and O–H groups in total. The van der Waals surface area contributed by atoms with Crippen LogP contribution in [0.2, 0.25) is 0 Å². The Morgan fingerprint density at radius 2 is 2.26 bits per heavy atom. The zero-order valence-corrected chi connectivity index (χ0v) is 13.8. The predicted octanol–water partition coefficient (Wildman–Crippen LogP) is 0.445. The van der Waals surface area contributed by atoms with Crippen LogP contribution >= 0.6 is 0 Å². The number of aryl methyl sites for hydroxylation is 1. The topological polar surface area (TPSA) is 71.2 Å². The number of carbonyl (C=O) groups excluding carboxylic acids is 1. The first kappa shape index (κ1) is 15.5. The largest absolute Gasteiger partial charge is 0.336 e. The smallest absolute Gasteiger partial charge is 0.316 e. The van der Waals surface area contributed by atoms with Gasteiger partial charge in [0.1, 0.15) is 0 Å². The van der Waals surface area contributed by atoms with Crippen LogP contribution < -0.4 is 5.32 Å². The molecule has 2 aromatic heterocycles. The lowest BCUT2D eigenvalue weighted by atomic mass is 10.1. The summed E-state index contributed by atoms with van der Waals surface area (Å²) in [5, 5.41) is 11.6. The molecule has 0 saturated heterocycles. The van der Waals surface area contributed by atoms with Crippen LogP contribution in [0.5, 0.6) is 0 Å². The number of nitrogens with zero attached hydrogens (tertiary/aromatic N) is 6. The van der Waals surface area contributed by atoms with Gasteiger partial charge in [0.25, 0.3) is 0 Å². The van der Waals surface area contributed by atoms with Crippen molar-refractivity contribution in [3.63, 3.8) is 0 Å². The first-order valence-electron chi connectivity index (χ1n) is 7.70. The Morgan fingerprint density at radius 1 is 1.43 bits per heavy atom. The number of urea groups is 1. The summed E-state index contributed by atoms with van der Waals surface area (Å²) in [6, 6.07) is 2.09. The van der Waals surface area contributed by atoms with Crippen LogP contribution in [-0.2, 0) is 20.1 Å². The molecular formula is C15H23N7O. The normalized spacial score (nSPS) is 17.8. The number of carbonyl (C=O) groups is 1. The van der Waals surface area contributed by atoms with E-state index in [0.29, 0.717) is 6.54 Å². The van der Waals surface area contributed by atoms with Gasteiger partial charge in [-0.2, -0.15) is 10.2 Å². The van der Waals surface area contributed by atoms with E-state index in [-0.39, 0.29) is 12.1 Å². The summed E-state index contributed by atoms with van der Waals surface area (Å²) in [6.45, 7) is 3.11. The molecule has 0 spiro atoms. The number of nitrogens with one attached hydrogen (secondary N) is 1. The molecule has 23 heavy (non-hydrogen) atoms. The molecule has 8 nitrogen and oxygen atoms in total. The predicted molar refractivity (Wildman–Crippen MR) is 85.7 cm³/mol. The maximum atomic E-state index is 11.8. The van der Waals surface area contributed by atoms with Gasteiger partial charge in [-0.3, -0.25) is 14.3 Å². The van der Waals surface area contributed by atoms with Crippen LogP contribution in [0.15, 0.2) is 24.7 Å². The van der Waals surface area contributed by atoms with E-state index in [1.807, 2.05) is 41.1 Å². The van der Waals surface area contributed by atoms with Gasteiger partial charge in [0.2, 0.25) is 0 Å². The third kappa shape index (κ3) is 3.53. The average molecular weight is 317 g/mol. The quantitative estimate of drug-likeness (QED) is 0.888. The summed E-state index contributed by atoms with van der Waals surface area (Å²) in [5.41, 5.74) is 2.36. The van der Waals surface area contributed by atoms with Crippen molar-refractivity contribution in [1.82, 2.24) is 34.7 Å². The van der Waals surface area contributed by atoms with Crippen molar-refractivity contribution in [2.45, 2.75) is 19.1 Å². The van der Waals surface area contributed by atoms with Crippen LogP contribution in [0.3, 0.4) is 0 Å². The molecule has 8 heteroatoms. The molecule has 0 bridgehead atoms. The Bertz CT molecular complexity index is 675. The Labute approximate surface area is 135 Å². The van der Waals surface area contributed by atoms with Crippen LogP contribution in [0.4, 0.5) is 4.79 Å². The fraction of sp³-hybridized carbons (Fsp3) is 0.533. The fourth-order valence-corrected chi connectivity index (χ4v) is 2.91. The van der Waals surface area contributed by atoms with Crippen LogP contribution in [0.25, 0.3) is 0 Å². The molecule has 3 rings (SSSR count). The maximum absolute atomic E-state index is 11.8. The lowest BCUT2D eigenvalue weighted by Crippen LogP contribution is -2.44. The molecule has 0 fully saturated rings. The third-order valence-corrected chi connectivity index (χ3v) is 4.01. The minimum atomic E-state index is -0.0805. The molecule has 1 aliphatic heterocycles. The molecule has 124 valence electrons. The van der Waals surface area contributed by atoms with Crippen molar-refractivity contribution in [2.75, 3.05) is 27.2 Å². The number of rotatable bonds is 4. The van der Waals surface area contributed by atoms with Gasteiger partial charge in [0, 0.05) is 65.3 Å².